The number of carbonyl (C=O) groups is 2. The van der Waals surface area contributed by atoms with Gasteiger partial charge < -0.3 is 15.0 Å². The van der Waals surface area contributed by atoms with Crippen LogP contribution in [-0.4, -0.2) is 24.5 Å². The molecule has 154 valence electrons. The number of ether oxygens (including phenoxy) is 1. The van der Waals surface area contributed by atoms with Gasteiger partial charge >= 0.3 is 6.18 Å². The summed E-state index contributed by atoms with van der Waals surface area (Å²) in [7, 11) is 0. The number of anilines is 1. The third-order valence-electron chi connectivity index (χ3n) is 4.49. The molecule has 1 aliphatic rings. The van der Waals surface area contributed by atoms with Crippen LogP contribution in [-0.2, 0) is 22.3 Å². The van der Waals surface area contributed by atoms with Crippen molar-refractivity contribution in [2.45, 2.75) is 32.2 Å². The molecule has 1 unspecified atom stereocenters. The van der Waals surface area contributed by atoms with Crippen molar-refractivity contribution >= 4 is 17.5 Å². The second-order valence-electron chi connectivity index (χ2n) is 6.54. The molecule has 3 rings (SSSR count). The molecule has 0 radical (unpaired) electrons. The third-order valence-corrected chi connectivity index (χ3v) is 4.49. The van der Waals surface area contributed by atoms with E-state index in [0.29, 0.717) is 17.5 Å². The van der Waals surface area contributed by atoms with Gasteiger partial charge in [0.05, 0.1) is 11.3 Å². The second-order valence-corrected chi connectivity index (χ2v) is 6.54. The predicted molar refractivity (Wildman–Crippen MR) is 96.8 cm³/mol. The number of carbonyl (C=O) groups excluding carboxylic acids is 2. The van der Waals surface area contributed by atoms with Crippen molar-refractivity contribution in [3.63, 3.8) is 0 Å². The van der Waals surface area contributed by atoms with E-state index >= 15 is 0 Å². The van der Waals surface area contributed by atoms with E-state index in [9.17, 15) is 27.2 Å². The van der Waals surface area contributed by atoms with Crippen molar-refractivity contribution < 1.29 is 31.9 Å². The van der Waals surface area contributed by atoms with E-state index in [1.165, 1.54) is 4.90 Å². The molecule has 0 aliphatic carbocycles. The molecule has 0 saturated heterocycles. The molecule has 0 fully saturated rings. The quantitative estimate of drug-likeness (QED) is 0.766. The molecule has 0 saturated carbocycles. The van der Waals surface area contributed by atoms with Crippen LogP contribution in [0.4, 0.5) is 23.2 Å². The molecule has 5 nitrogen and oxygen atoms in total. The van der Waals surface area contributed by atoms with Crippen molar-refractivity contribution in [2.24, 2.45) is 0 Å². The number of amides is 2. The zero-order valence-corrected chi connectivity index (χ0v) is 15.4. The molecule has 1 atom stereocenters. The Hall–Kier alpha value is -3.10. The first-order chi connectivity index (χ1) is 13.7. The number of hydrogen-bond donors (Lipinski definition) is 1. The molecule has 0 aromatic heterocycles. The SMILES string of the molecule is CC1Oc2ccccc2N(CCC(=O)NCc2ccc(F)cc2C(F)(F)F)C1=O. The highest BCUT2D eigenvalue weighted by atomic mass is 19.4. The topological polar surface area (TPSA) is 58.6 Å². The number of benzene rings is 2. The van der Waals surface area contributed by atoms with E-state index in [2.05, 4.69) is 5.32 Å². The van der Waals surface area contributed by atoms with Crippen LogP contribution in [0.3, 0.4) is 0 Å². The standard InChI is InChI=1S/C20H18F4N2O3/c1-12-19(28)26(16-4-2-3-5-17(16)29-12)9-8-18(27)25-11-13-6-7-14(21)10-15(13)20(22,23)24/h2-7,10,12H,8-9,11H2,1H3,(H,25,27). The molecular formula is C20H18F4N2O3. The van der Waals surface area contributed by atoms with Gasteiger partial charge in [0, 0.05) is 19.5 Å². The van der Waals surface area contributed by atoms with Gasteiger partial charge in [-0.15, -0.1) is 0 Å². The van der Waals surface area contributed by atoms with Crippen LogP contribution in [0.5, 0.6) is 5.75 Å². The van der Waals surface area contributed by atoms with Crippen LogP contribution in [0, 0.1) is 5.82 Å². The lowest BCUT2D eigenvalue weighted by atomic mass is 10.1. The zero-order valence-electron chi connectivity index (χ0n) is 15.4. The minimum Gasteiger partial charge on any atom is -0.479 e. The summed E-state index contributed by atoms with van der Waals surface area (Å²) in [6, 6.07) is 9.16. The lowest BCUT2D eigenvalue weighted by Crippen LogP contribution is -2.45. The average molecular weight is 410 g/mol. The molecule has 2 amide bonds. The van der Waals surface area contributed by atoms with Crippen LogP contribution in [0.15, 0.2) is 42.5 Å². The molecule has 0 spiro atoms. The maximum atomic E-state index is 13.2. The number of alkyl halides is 3. The van der Waals surface area contributed by atoms with Gasteiger partial charge in [-0.05, 0) is 36.8 Å². The fourth-order valence-corrected chi connectivity index (χ4v) is 3.05. The van der Waals surface area contributed by atoms with Gasteiger partial charge in [-0.1, -0.05) is 18.2 Å². The molecule has 1 aliphatic heterocycles. The van der Waals surface area contributed by atoms with Crippen LogP contribution in [0.1, 0.15) is 24.5 Å². The maximum absolute atomic E-state index is 13.2. The number of nitrogens with zero attached hydrogens (tertiary/aromatic N) is 1. The van der Waals surface area contributed by atoms with Crippen LogP contribution < -0.4 is 15.0 Å². The Bertz CT molecular complexity index is 930. The van der Waals surface area contributed by atoms with E-state index in [4.69, 9.17) is 4.74 Å². The number of nitrogens with one attached hydrogen (secondary N) is 1. The number of halogens is 4. The Morgan fingerprint density at radius 1 is 1.21 bits per heavy atom. The van der Waals surface area contributed by atoms with Gasteiger partial charge in [-0.25, -0.2) is 4.39 Å². The Morgan fingerprint density at radius 3 is 2.66 bits per heavy atom. The first kappa shape index (κ1) is 20.6. The highest BCUT2D eigenvalue weighted by Crippen LogP contribution is 2.34. The molecule has 1 N–H and O–H groups in total. The summed E-state index contributed by atoms with van der Waals surface area (Å²) in [6.45, 7) is 1.24. The highest BCUT2D eigenvalue weighted by molar-refractivity contribution is 6.00. The summed E-state index contributed by atoms with van der Waals surface area (Å²) in [5.41, 5.74) is -0.848. The van der Waals surface area contributed by atoms with Gasteiger partial charge in [0.2, 0.25) is 5.91 Å². The Balaban J connectivity index is 1.64. The van der Waals surface area contributed by atoms with E-state index in [-0.39, 0.29) is 24.4 Å². The molecule has 9 heteroatoms. The average Bonchev–Trinajstić information content (AvgIpc) is 2.66. The summed E-state index contributed by atoms with van der Waals surface area (Å²) in [6.07, 6.45) is -5.56. The number of rotatable bonds is 5. The van der Waals surface area contributed by atoms with E-state index in [1.54, 1.807) is 31.2 Å². The highest BCUT2D eigenvalue weighted by Gasteiger charge is 2.34. The first-order valence-corrected chi connectivity index (χ1v) is 8.86. The first-order valence-electron chi connectivity index (χ1n) is 8.86. The Morgan fingerprint density at radius 2 is 1.93 bits per heavy atom. The smallest absolute Gasteiger partial charge is 0.416 e. The van der Waals surface area contributed by atoms with Crippen molar-refractivity contribution in [3.05, 3.63) is 59.4 Å². The molecule has 0 bridgehead atoms. The molecule has 29 heavy (non-hydrogen) atoms. The van der Waals surface area contributed by atoms with E-state index in [0.717, 1.165) is 12.1 Å². The van der Waals surface area contributed by atoms with Crippen LogP contribution in [0.2, 0.25) is 0 Å². The van der Waals surface area contributed by atoms with Gasteiger partial charge in [0.1, 0.15) is 11.6 Å². The largest absolute Gasteiger partial charge is 0.479 e. The second kappa shape index (κ2) is 8.10. The van der Waals surface area contributed by atoms with Crippen molar-refractivity contribution in [1.29, 1.82) is 0 Å². The lowest BCUT2D eigenvalue weighted by Gasteiger charge is -2.32. The van der Waals surface area contributed by atoms with Gasteiger partial charge in [0.15, 0.2) is 6.10 Å². The zero-order chi connectivity index (χ0) is 21.2. The van der Waals surface area contributed by atoms with Gasteiger partial charge in [-0.3, -0.25) is 9.59 Å². The van der Waals surface area contributed by atoms with Crippen LogP contribution in [0.25, 0.3) is 0 Å². The molecular weight excluding hydrogens is 392 g/mol. The van der Waals surface area contributed by atoms with Crippen LogP contribution >= 0.6 is 0 Å². The summed E-state index contributed by atoms with van der Waals surface area (Å²) in [4.78, 5) is 25.9. The summed E-state index contributed by atoms with van der Waals surface area (Å²) in [5, 5.41) is 2.39. The molecule has 1 heterocycles. The molecule has 2 aromatic carbocycles. The molecule has 2 aromatic rings. The van der Waals surface area contributed by atoms with Crippen molar-refractivity contribution in [2.75, 3.05) is 11.4 Å². The minimum absolute atomic E-state index is 0.0466. The lowest BCUT2D eigenvalue weighted by molar-refractivity contribution is -0.138. The number of para-hydroxylation sites is 2. The summed E-state index contributed by atoms with van der Waals surface area (Å²) >= 11 is 0. The summed E-state index contributed by atoms with van der Waals surface area (Å²) < 4.78 is 57.8. The maximum Gasteiger partial charge on any atom is 0.416 e. The Kier molecular flexibility index (Phi) is 5.76. The fourth-order valence-electron chi connectivity index (χ4n) is 3.05. The van der Waals surface area contributed by atoms with E-state index < -0.39 is 36.1 Å². The number of fused-ring (bicyclic) bond motifs is 1. The fraction of sp³-hybridized carbons (Fsp3) is 0.300. The van der Waals surface area contributed by atoms with Gasteiger partial charge in [-0.2, -0.15) is 13.2 Å². The third kappa shape index (κ3) is 4.67. The normalized spacial score (nSPS) is 16.2. The monoisotopic (exact) mass is 410 g/mol. The Labute approximate surface area is 164 Å². The predicted octanol–water partition coefficient (Wildman–Crippen LogP) is 3.66. The van der Waals surface area contributed by atoms with E-state index in [1.807, 2.05) is 0 Å². The van der Waals surface area contributed by atoms with Crippen molar-refractivity contribution in [1.82, 2.24) is 5.32 Å². The van der Waals surface area contributed by atoms with Gasteiger partial charge in [0.25, 0.3) is 5.91 Å². The number of hydrogen-bond acceptors (Lipinski definition) is 3. The van der Waals surface area contributed by atoms with Crippen molar-refractivity contribution in [3.8, 4) is 5.75 Å². The minimum atomic E-state index is -4.73. The summed E-state index contributed by atoms with van der Waals surface area (Å²) in [5.74, 6) is -1.34.